The monoisotopic (exact) mass is 806 g/mol. The number of thiophene rings is 1. The first-order valence-corrected chi connectivity index (χ1v) is 22.0. The van der Waals surface area contributed by atoms with Crippen LogP contribution in [0.5, 0.6) is 0 Å². The molecule has 9 aromatic carbocycles. The van der Waals surface area contributed by atoms with Crippen molar-refractivity contribution >= 4 is 31.5 Å². The van der Waals surface area contributed by atoms with Crippen LogP contribution in [0.15, 0.2) is 231 Å². The summed E-state index contributed by atoms with van der Waals surface area (Å²) in [5, 5.41) is 2.63. The lowest BCUT2D eigenvalue weighted by Gasteiger charge is -2.34. The predicted molar refractivity (Wildman–Crippen MR) is 259 cm³/mol. The van der Waals surface area contributed by atoms with Crippen LogP contribution in [0.2, 0.25) is 0 Å². The molecule has 0 aliphatic heterocycles. The number of nitrogens with zero attached hydrogens (tertiary/aromatic N) is 2. The fraction of sp³-hybridized carbons (Fsp3) is 0.0169. The highest BCUT2D eigenvalue weighted by Crippen LogP contribution is 2.56. The van der Waals surface area contributed by atoms with Crippen LogP contribution >= 0.6 is 11.3 Å². The van der Waals surface area contributed by atoms with Gasteiger partial charge in [-0.2, -0.15) is 0 Å². The minimum Gasteiger partial charge on any atom is -0.228 e. The lowest BCUT2D eigenvalue weighted by molar-refractivity contribution is 0.768. The Balaban J connectivity index is 0.979. The summed E-state index contributed by atoms with van der Waals surface area (Å²) in [5.41, 5.74) is 16.7. The van der Waals surface area contributed by atoms with Crippen LogP contribution in [0.1, 0.15) is 22.3 Å². The molecular formula is C59H38N2S. The molecule has 0 radical (unpaired) electrons. The lowest BCUT2D eigenvalue weighted by atomic mass is 9.67. The molecule has 1 aliphatic rings. The highest BCUT2D eigenvalue weighted by molar-refractivity contribution is 7.25. The van der Waals surface area contributed by atoms with Gasteiger partial charge in [0.2, 0.25) is 0 Å². The van der Waals surface area contributed by atoms with E-state index in [2.05, 4.69) is 224 Å². The largest absolute Gasteiger partial charge is 0.228 e. The van der Waals surface area contributed by atoms with Gasteiger partial charge in [-0.1, -0.05) is 206 Å². The smallest absolute Gasteiger partial charge is 0.160 e. The van der Waals surface area contributed by atoms with Gasteiger partial charge in [-0.15, -0.1) is 11.3 Å². The van der Waals surface area contributed by atoms with Crippen molar-refractivity contribution in [3.05, 3.63) is 253 Å². The Morgan fingerprint density at radius 3 is 1.55 bits per heavy atom. The molecule has 62 heavy (non-hydrogen) atoms. The molecular weight excluding hydrogens is 769 g/mol. The molecule has 0 atom stereocenters. The summed E-state index contributed by atoms with van der Waals surface area (Å²) >= 11 is 1.86. The minimum absolute atomic E-state index is 0.502. The van der Waals surface area contributed by atoms with Gasteiger partial charge >= 0.3 is 0 Å². The number of hydrogen-bond donors (Lipinski definition) is 0. The zero-order valence-corrected chi connectivity index (χ0v) is 34.6. The third kappa shape index (κ3) is 5.85. The van der Waals surface area contributed by atoms with E-state index in [1.54, 1.807) is 0 Å². The van der Waals surface area contributed by atoms with E-state index in [9.17, 15) is 0 Å². The van der Waals surface area contributed by atoms with Crippen molar-refractivity contribution < 1.29 is 0 Å². The quantitative estimate of drug-likeness (QED) is 0.160. The first kappa shape index (κ1) is 36.2. The summed E-state index contributed by atoms with van der Waals surface area (Å²) in [6, 6.07) is 83.4. The molecule has 0 saturated carbocycles. The third-order valence-electron chi connectivity index (χ3n) is 12.6. The first-order chi connectivity index (χ1) is 30.7. The maximum atomic E-state index is 5.30. The molecule has 12 rings (SSSR count). The Labute approximate surface area is 365 Å². The molecule has 0 fully saturated rings. The van der Waals surface area contributed by atoms with E-state index < -0.39 is 5.41 Å². The summed E-state index contributed by atoms with van der Waals surface area (Å²) in [6.07, 6.45) is 0. The Hall–Kier alpha value is -7.72. The fourth-order valence-electron chi connectivity index (χ4n) is 9.76. The van der Waals surface area contributed by atoms with E-state index in [-0.39, 0.29) is 0 Å². The molecule has 0 unspecified atom stereocenters. The summed E-state index contributed by atoms with van der Waals surface area (Å²) < 4.78 is 2.63. The maximum absolute atomic E-state index is 5.30. The second-order valence-corrected chi connectivity index (χ2v) is 17.1. The first-order valence-electron chi connectivity index (χ1n) is 21.1. The van der Waals surface area contributed by atoms with E-state index in [4.69, 9.17) is 9.97 Å². The molecule has 0 bridgehead atoms. The molecule has 2 nitrogen and oxygen atoms in total. The van der Waals surface area contributed by atoms with Gasteiger partial charge in [-0.25, -0.2) is 9.97 Å². The SMILES string of the molecule is c1ccc(-c2nc(-c3ccc(-c4ccccc4-c4ccc5c(c4)sc4ccccc45)cc3)cc(-c3ccc4c(c3)C(c3ccccc3)(c3ccccc3)c3ccccc3-4)n2)cc1. The number of fused-ring (bicyclic) bond motifs is 6. The van der Waals surface area contributed by atoms with Gasteiger partial charge in [0.15, 0.2) is 5.82 Å². The minimum atomic E-state index is -0.502. The molecule has 1 aliphatic carbocycles. The van der Waals surface area contributed by atoms with Gasteiger partial charge in [0, 0.05) is 36.9 Å². The Kier molecular flexibility index (Phi) is 8.62. The molecule has 2 heterocycles. The average molecular weight is 807 g/mol. The Morgan fingerprint density at radius 1 is 0.306 bits per heavy atom. The van der Waals surface area contributed by atoms with Gasteiger partial charge in [0.1, 0.15) is 0 Å². The van der Waals surface area contributed by atoms with E-state index >= 15 is 0 Å². The van der Waals surface area contributed by atoms with E-state index in [1.165, 1.54) is 70.2 Å². The molecule has 0 N–H and O–H groups in total. The van der Waals surface area contributed by atoms with E-state index in [1.807, 2.05) is 17.4 Å². The lowest BCUT2D eigenvalue weighted by Crippen LogP contribution is -2.28. The zero-order valence-electron chi connectivity index (χ0n) is 33.7. The summed E-state index contributed by atoms with van der Waals surface area (Å²) in [6.45, 7) is 0. The van der Waals surface area contributed by atoms with Crippen LogP contribution in [0.4, 0.5) is 0 Å². The number of hydrogen-bond acceptors (Lipinski definition) is 3. The van der Waals surface area contributed by atoms with Crippen LogP contribution in [-0.4, -0.2) is 9.97 Å². The van der Waals surface area contributed by atoms with Crippen LogP contribution in [0.3, 0.4) is 0 Å². The maximum Gasteiger partial charge on any atom is 0.160 e. The van der Waals surface area contributed by atoms with Gasteiger partial charge in [-0.05, 0) is 79.9 Å². The Bertz CT molecular complexity index is 3400. The van der Waals surface area contributed by atoms with E-state index in [0.717, 1.165) is 33.6 Å². The average Bonchev–Trinajstić information content (AvgIpc) is 3.88. The van der Waals surface area contributed by atoms with Gasteiger partial charge < -0.3 is 0 Å². The number of aromatic nitrogens is 2. The van der Waals surface area contributed by atoms with Crippen LogP contribution in [-0.2, 0) is 5.41 Å². The molecule has 3 heteroatoms. The second kappa shape index (κ2) is 14.8. The summed E-state index contributed by atoms with van der Waals surface area (Å²) in [7, 11) is 0. The third-order valence-corrected chi connectivity index (χ3v) is 13.8. The molecule has 0 spiro atoms. The van der Waals surface area contributed by atoms with Crippen molar-refractivity contribution in [2.24, 2.45) is 0 Å². The fourth-order valence-corrected chi connectivity index (χ4v) is 10.9. The van der Waals surface area contributed by atoms with Crippen molar-refractivity contribution in [1.82, 2.24) is 9.97 Å². The van der Waals surface area contributed by atoms with Gasteiger partial charge in [-0.3, -0.25) is 0 Å². The second-order valence-electron chi connectivity index (χ2n) is 16.0. The Morgan fingerprint density at radius 2 is 0.823 bits per heavy atom. The van der Waals surface area contributed by atoms with Crippen LogP contribution in [0, 0.1) is 0 Å². The van der Waals surface area contributed by atoms with Crippen LogP contribution < -0.4 is 0 Å². The van der Waals surface area contributed by atoms with E-state index in [0.29, 0.717) is 5.82 Å². The topological polar surface area (TPSA) is 25.8 Å². The van der Waals surface area contributed by atoms with Crippen molar-refractivity contribution in [2.75, 3.05) is 0 Å². The highest BCUT2D eigenvalue weighted by atomic mass is 32.1. The molecule has 290 valence electrons. The molecule has 2 aromatic heterocycles. The normalized spacial score (nSPS) is 12.6. The molecule has 0 saturated heterocycles. The summed E-state index contributed by atoms with van der Waals surface area (Å²) in [5.74, 6) is 0.699. The van der Waals surface area contributed by atoms with Gasteiger partial charge in [0.25, 0.3) is 0 Å². The summed E-state index contributed by atoms with van der Waals surface area (Å²) in [4.78, 5) is 10.5. The number of benzene rings is 9. The predicted octanol–water partition coefficient (Wildman–Crippen LogP) is 15.5. The highest BCUT2D eigenvalue weighted by Gasteiger charge is 2.46. The van der Waals surface area contributed by atoms with Crippen molar-refractivity contribution in [2.45, 2.75) is 5.41 Å². The van der Waals surface area contributed by atoms with Crippen LogP contribution in [0.25, 0.3) is 87.5 Å². The standard InChI is InChI=1S/C59H38N2S/c1-4-16-41(17-5-1)58-60-54(40-30-28-39(29-31-40)46-22-10-11-23-47(46)42-32-35-51-50-25-13-15-27-56(50)62-57(51)37-42)38-55(61-58)43-33-34-49-48-24-12-14-26-52(48)59(53(49)36-43,44-18-6-2-7-19-44)45-20-8-3-9-21-45/h1-38H. The zero-order chi connectivity index (χ0) is 41.0. The van der Waals surface area contributed by atoms with Gasteiger partial charge in [0.05, 0.1) is 16.8 Å². The van der Waals surface area contributed by atoms with Crippen molar-refractivity contribution in [1.29, 1.82) is 0 Å². The van der Waals surface area contributed by atoms with Crippen molar-refractivity contribution in [3.8, 4) is 67.3 Å². The molecule has 0 amide bonds. The number of rotatable bonds is 7. The van der Waals surface area contributed by atoms with Crippen molar-refractivity contribution in [3.63, 3.8) is 0 Å². The molecule has 11 aromatic rings.